The Kier molecular flexibility index (Phi) is 7.64. The zero-order chi connectivity index (χ0) is 21.5. The quantitative estimate of drug-likeness (QED) is 0.521. The highest BCUT2D eigenvalue weighted by Gasteiger charge is 2.21. The van der Waals surface area contributed by atoms with Crippen molar-refractivity contribution in [2.45, 2.75) is 38.8 Å². The van der Waals surface area contributed by atoms with Crippen LogP contribution >= 0.6 is 11.6 Å². The number of aliphatic imine (C=N–C) groups is 1. The van der Waals surface area contributed by atoms with Gasteiger partial charge in [0, 0.05) is 63.0 Å². The molecule has 1 aromatic heterocycles. The molecule has 1 N–H and O–H groups in total. The van der Waals surface area contributed by atoms with Crippen molar-refractivity contribution in [3.8, 4) is 0 Å². The first kappa shape index (κ1) is 21.9. The summed E-state index contributed by atoms with van der Waals surface area (Å²) in [5.74, 6) is 1.97. The monoisotopic (exact) mass is 445 g/mol. The van der Waals surface area contributed by atoms with Crippen LogP contribution in [0, 0.1) is 0 Å². The summed E-state index contributed by atoms with van der Waals surface area (Å²) in [6.07, 6.45) is 5.15. The van der Waals surface area contributed by atoms with Crippen LogP contribution in [0.1, 0.15) is 25.6 Å². The maximum absolute atomic E-state index is 6.18. The highest BCUT2D eigenvalue weighted by molar-refractivity contribution is 6.30. The van der Waals surface area contributed by atoms with E-state index in [1.165, 1.54) is 5.69 Å². The summed E-state index contributed by atoms with van der Waals surface area (Å²) in [5, 5.41) is 12.5. The highest BCUT2D eigenvalue weighted by atomic mass is 35.5. The first-order chi connectivity index (χ1) is 15.2. The molecule has 2 saturated heterocycles. The van der Waals surface area contributed by atoms with Crippen LogP contribution in [-0.4, -0.2) is 77.6 Å². The van der Waals surface area contributed by atoms with Crippen LogP contribution in [0.2, 0.25) is 5.02 Å². The van der Waals surface area contributed by atoms with Gasteiger partial charge in [-0.15, -0.1) is 10.2 Å². The molecule has 2 aliphatic rings. The molecular formula is C22H32ClN7O. The number of hydrogen-bond donors (Lipinski definition) is 1. The lowest BCUT2D eigenvalue weighted by Gasteiger charge is -2.38. The molecule has 1 aromatic carbocycles. The number of aromatic nitrogens is 3. The minimum Gasteiger partial charge on any atom is -0.376 e. The molecule has 4 rings (SSSR count). The Labute approximate surface area is 189 Å². The number of rotatable bonds is 7. The fourth-order valence-electron chi connectivity index (χ4n) is 4.12. The molecule has 0 saturated carbocycles. The number of ether oxygens (including phenoxy) is 1. The van der Waals surface area contributed by atoms with Gasteiger partial charge in [0.05, 0.1) is 12.6 Å². The second-order valence-electron chi connectivity index (χ2n) is 7.97. The SMILES string of the molecule is CCc1nncn1CCNC(=NCC1CCCO1)N1CCN(c2cccc(Cl)c2)CC1. The maximum Gasteiger partial charge on any atom is 0.194 e. The van der Waals surface area contributed by atoms with Crippen LogP contribution in [0.25, 0.3) is 0 Å². The van der Waals surface area contributed by atoms with Gasteiger partial charge in [-0.1, -0.05) is 24.6 Å². The van der Waals surface area contributed by atoms with Crippen molar-refractivity contribution in [3.05, 3.63) is 41.4 Å². The van der Waals surface area contributed by atoms with Gasteiger partial charge in [0.15, 0.2) is 5.96 Å². The molecule has 168 valence electrons. The van der Waals surface area contributed by atoms with Gasteiger partial charge in [-0.3, -0.25) is 4.99 Å². The fraction of sp³-hybridized carbons (Fsp3) is 0.591. The van der Waals surface area contributed by atoms with E-state index in [0.29, 0.717) is 6.54 Å². The smallest absolute Gasteiger partial charge is 0.194 e. The number of hydrogen-bond acceptors (Lipinski definition) is 5. The second-order valence-corrected chi connectivity index (χ2v) is 8.41. The molecule has 2 fully saturated rings. The molecule has 3 heterocycles. The fourth-order valence-corrected chi connectivity index (χ4v) is 4.31. The summed E-state index contributed by atoms with van der Waals surface area (Å²) >= 11 is 6.18. The van der Waals surface area contributed by atoms with E-state index < -0.39 is 0 Å². The average molecular weight is 446 g/mol. The van der Waals surface area contributed by atoms with Gasteiger partial charge in [0.2, 0.25) is 0 Å². The molecule has 9 heteroatoms. The highest BCUT2D eigenvalue weighted by Crippen LogP contribution is 2.21. The first-order valence-corrected chi connectivity index (χ1v) is 11.6. The van der Waals surface area contributed by atoms with Gasteiger partial charge in [-0.05, 0) is 31.0 Å². The van der Waals surface area contributed by atoms with E-state index in [-0.39, 0.29) is 6.10 Å². The number of benzene rings is 1. The van der Waals surface area contributed by atoms with E-state index in [1.807, 2.05) is 18.2 Å². The largest absolute Gasteiger partial charge is 0.376 e. The molecule has 0 spiro atoms. The van der Waals surface area contributed by atoms with E-state index in [1.54, 1.807) is 6.33 Å². The van der Waals surface area contributed by atoms with Gasteiger partial charge < -0.3 is 24.4 Å². The normalized spacial score (nSPS) is 19.8. The predicted molar refractivity (Wildman–Crippen MR) is 124 cm³/mol. The van der Waals surface area contributed by atoms with E-state index in [2.05, 4.69) is 42.9 Å². The van der Waals surface area contributed by atoms with E-state index >= 15 is 0 Å². The van der Waals surface area contributed by atoms with E-state index in [9.17, 15) is 0 Å². The van der Waals surface area contributed by atoms with Crippen molar-refractivity contribution in [2.75, 3.05) is 50.8 Å². The molecule has 1 atom stereocenters. The summed E-state index contributed by atoms with van der Waals surface area (Å²) < 4.78 is 7.87. The van der Waals surface area contributed by atoms with Gasteiger partial charge in [-0.2, -0.15) is 0 Å². The van der Waals surface area contributed by atoms with E-state index in [0.717, 1.165) is 81.9 Å². The van der Waals surface area contributed by atoms with Crippen LogP contribution in [0.3, 0.4) is 0 Å². The Morgan fingerprint density at radius 1 is 1.29 bits per heavy atom. The zero-order valence-electron chi connectivity index (χ0n) is 18.2. The van der Waals surface area contributed by atoms with Crippen LogP contribution in [0.15, 0.2) is 35.6 Å². The number of nitrogens with one attached hydrogen (secondary N) is 1. The van der Waals surface area contributed by atoms with Gasteiger partial charge in [-0.25, -0.2) is 0 Å². The molecule has 31 heavy (non-hydrogen) atoms. The van der Waals surface area contributed by atoms with Crippen molar-refractivity contribution in [3.63, 3.8) is 0 Å². The third-order valence-corrected chi connectivity index (χ3v) is 6.10. The number of anilines is 1. The zero-order valence-corrected chi connectivity index (χ0v) is 19.0. The molecule has 0 radical (unpaired) electrons. The number of guanidine groups is 1. The van der Waals surface area contributed by atoms with Crippen LogP contribution < -0.4 is 10.2 Å². The minimum absolute atomic E-state index is 0.245. The lowest BCUT2D eigenvalue weighted by molar-refractivity contribution is 0.117. The molecule has 0 amide bonds. The number of piperazine rings is 1. The molecule has 2 aliphatic heterocycles. The minimum atomic E-state index is 0.245. The van der Waals surface area contributed by atoms with E-state index in [4.69, 9.17) is 21.3 Å². The van der Waals surface area contributed by atoms with Gasteiger partial charge in [0.1, 0.15) is 12.2 Å². The summed E-state index contributed by atoms with van der Waals surface area (Å²) in [6, 6.07) is 8.08. The third kappa shape index (κ3) is 5.89. The van der Waals surface area contributed by atoms with Crippen molar-refractivity contribution in [2.24, 2.45) is 4.99 Å². The maximum atomic E-state index is 6.18. The first-order valence-electron chi connectivity index (χ1n) is 11.2. The third-order valence-electron chi connectivity index (χ3n) is 5.87. The number of nitrogens with zero attached hydrogens (tertiary/aromatic N) is 6. The molecule has 1 unspecified atom stereocenters. The van der Waals surface area contributed by atoms with Crippen LogP contribution in [0.4, 0.5) is 5.69 Å². The molecule has 0 bridgehead atoms. The van der Waals surface area contributed by atoms with Gasteiger partial charge in [0.25, 0.3) is 0 Å². The molecular weight excluding hydrogens is 414 g/mol. The summed E-state index contributed by atoms with van der Waals surface area (Å²) in [5.41, 5.74) is 1.18. The number of aryl methyl sites for hydroxylation is 1. The summed E-state index contributed by atoms with van der Waals surface area (Å²) in [4.78, 5) is 9.66. The Morgan fingerprint density at radius 2 is 2.16 bits per heavy atom. The van der Waals surface area contributed by atoms with Crippen LogP contribution in [0.5, 0.6) is 0 Å². The van der Waals surface area contributed by atoms with Crippen molar-refractivity contribution in [1.82, 2.24) is 25.0 Å². The molecule has 8 nitrogen and oxygen atoms in total. The van der Waals surface area contributed by atoms with Crippen LogP contribution in [-0.2, 0) is 17.7 Å². The van der Waals surface area contributed by atoms with Crippen molar-refractivity contribution >= 4 is 23.2 Å². The summed E-state index contributed by atoms with van der Waals surface area (Å²) in [7, 11) is 0. The Bertz CT molecular complexity index is 857. The summed E-state index contributed by atoms with van der Waals surface area (Å²) in [6.45, 7) is 8.97. The van der Waals surface area contributed by atoms with Crippen molar-refractivity contribution < 1.29 is 4.74 Å². The molecule has 0 aliphatic carbocycles. The standard InChI is InChI=1S/C22H32ClN7O/c1-2-21-27-26-17-30(21)9-8-24-22(25-16-20-7-4-14-31-20)29-12-10-28(11-13-29)19-6-3-5-18(23)15-19/h3,5-6,15,17,20H,2,4,7-14,16H2,1H3,(H,24,25). The number of halogens is 1. The Morgan fingerprint density at radius 3 is 2.90 bits per heavy atom. The van der Waals surface area contributed by atoms with Gasteiger partial charge >= 0.3 is 0 Å². The second kappa shape index (κ2) is 10.8. The van der Waals surface area contributed by atoms with Crippen molar-refractivity contribution in [1.29, 1.82) is 0 Å². The Balaban J connectivity index is 1.36. The molecule has 2 aromatic rings. The average Bonchev–Trinajstić information content (AvgIpc) is 3.48. The lowest BCUT2D eigenvalue weighted by atomic mass is 10.2. The predicted octanol–water partition coefficient (Wildman–Crippen LogP) is 2.44. The Hall–Kier alpha value is -2.32. The topological polar surface area (TPSA) is 70.8 Å². The lowest BCUT2D eigenvalue weighted by Crippen LogP contribution is -2.53.